The monoisotopic (exact) mass is 327 g/mol. The quantitative estimate of drug-likeness (QED) is 0.848. The minimum absolute atomic E-state index is 0.0552. The second-order valence-electron chi connectivity index (χ2n) is 6.87. The van der Waals surface area contributed by atoms with Gasteiger partial charge < -0.3 is 15.2 Å². The molecular weight excluding hydrogens is 305 g/mol. The van der Waals surface area contributed by atoms with Crippen LogP contribution in [0.25, 0.3) is 0 Å². The molecule has 0 fully saturated rings. The topological polar surface area (TPSA) is 94.8 Å². The summed E-state index contributed by atoms with van der Waals surface area (Å²) in [5.41, 5.74) is 3.71. The van der Waals surface area contributed by atoms with Gasteiger partial charge in [0, 0.05) is 6.07 Å². The molecule has 0 saturated heterocycles. The summed E-state index contributed by atoms with van der Waals surface area (Å²) in [4.78, 5) is 28.7. The van der Waals surface area contributed by atoms with Crippen LogP contribution in [-0.2, 0) is 9.47 Å². The molecule has 0 spiro atoms. The molecule has 128 valence electrons. The van der Waals surface area contributed by atoms with Gasteiger partial charge in [0.1, 0.15) is 11.2 Å². The number of nitrogens with zero attached hydrogens (tertiary/aromatic N) is 2. The lowest BCUT2D eigenvalue weighted by molar-refractivity contribution is 0.0427. The average Bonchev–Trinajstić information content (AvgIpc) is 2.27. The van der Waals surface area contributed by atoms with Gasteiger partial charge in [0.05, 0.1) is 11.9 Å². The van der Waals surface area contributed by atoms with Crippen LogP contribution in [0.15, 0.2) is 12.3 Å². The van der Waals surface area contributed by atoms with Crippen LogP contribution >= 0.6 is 0 Å². The van der Waals surface area contributed by atoms with Gasteiger partial charge >= 0.3 is 12.2 Å². The number of hydrogen-bond acceptors (Lipinski definition) is 6. The summed E-state index contributed by atoms with van der Waals surface area (Å²) in [7, 11) is 0. The molecule has 0 atom stereocenters. The van der Waals surface area contributed by atoms with Gasteiger partial charge in [-0.3, -0.25) is 0 Å². The lowest BCUT2D eigenvalue weighted by Crippen LogP contribution is -2.44. The van der Waals surface area contributed by atoms with Gasteiger partial charge in [-0.15, -0.1) is 0 Å². The van der Waals surface area contributed by atoms with E-state index < -0.39 is 35.0 Å². The van der Waals surface area contributed by atoms with E-state index in [0.717, 1.165) is 12.3 Å². The maximum absolute atomic E-state index is 14.1. The molecule has 0 saturated carbocycles. The Kier molecular flexibility index (Phi) is 5.19. The van der Waals surface area contributed by atoms with E-state index in [1.54, 1.807) is 41.5 Å². The Bertz CT molecular complexity index is 578. The summed E-state index contributed by atoms with van der Waals surface area (Å²) in [6.45, 7) is 9.70. The molecular formula is C15H22FN3O4. The molecule has 2 N–H and O–H groups in total. The number of anilines is 2. The van der Waals surface area contributed by atoms with Gasteiger partial charge in [0.25, 0.3) is 0 Å². The van der Waals surface area contributed by atoms with Crippen LogP contribution in [0.2, 0.25) is 0 Å². The second-order valence-corrected chi connectivity index (χ2v) is 6.87. The van der Waals surface area contributed by atoms with E-state index in [4.69, 9.17) is 15.2 Å². The van der Waals surface area contributed by atoms with E-state index in [0.29, 0.717) is 4.90 Å². The number of amides is 2. The number of carbonyl (C=O) groups is 2. The Balaban J connectivity index is 3.25. The van der Waals surface area contributed by atoms with Crippen molar-refractivity contribution in [3.8, 4) is 0 Å². The Morgan fingerprint density at radius 1 is 1.09 bits per heavy atom. The number of halogens is 1. The summed E-state index contributed by atoms with van der Waals surface area (Å²) in [6.07, 6.45) is -1.06. The van der Waals surface area contributed by atoms with Crippen LogP contribution in [0.4, 0.5) is 25.5 Å². The SMILES string of the molecule is CC(C)(C)OC(=O)N(C(=O)OC(C)(C)C)c1ncc(N)cc1F. The molecule has 1 heterocycles. The van der Waals surface area contributed by atoms with Crippen molar-refractivity contribution in [1.29, 1.82) is 0 Å². The first-order valence-corrected chi connectivity index (χ1v) is 6.97. The lowest BCUT2D eigenvalue weighted by Gasteiger charge is -2.28. The summed E-state index contributed by atoms with van der Waals surface area (Å²) in [5, 5.41) is 0. The number of rotatable bonds is 1. The van der Waals surface area contributed by atoms with Crippen molar-refractivity contribution < 1.29 is 23.5 Å². The van der Waals surface area contributed by atoms with Crippen molar-refractivity contribution in [2.24, 2.45) is 0 Å². The average molecular weight is 327 g/mol. The zero-order valence-electron chi connectivity index (χ0n) is 14.1. The second kappa shape index (κ2) is 6.39. The van der Waals surface area contributed by atoms with Gasteiger partial charge in [0.2, 0.25) is 0 Å². The summed E-state index contributed by atoms with van der Waals surface area (Å²) in [6, 6.07) is 0.948. The minimum atomic E-state index is -1.09. The molecule has 0 aliphatic heterocycles. The van der Waals surface area contributed by atoms with Crippen LogP contribution in [0.5, 0.6) is 0 Å². The third-order valence-electron chi connectivity index (χ3n) is 2.21. The zero-order valence-corrected chi connectivity index (χ0v) is 14.1. The first-order valence-electron chi connectivity index (χ1n) is 6.97. The fourth-order valence-electron chi connectivity index (χ4n) is 1.47. The maximum Gasteiger partial charge on any atom is 0.425 e. The molecule has 1 aromatic rings. The molecule has 1 aromatic heterocycles. The van der Waals surface area contributed by atoms with E-state index >= 15 is 0 Å². The van der Waals surface area contributed by atoms with E-state index in [1.807, 2.05) is 0 Å². The van der Waals surface area contributed by atoms with Crippen molar-refractivity contribution in [3.63, 3.8) is 0 Å². The molecule has 7 nitrogen and oxygen atoms in total. The molecule has 2 amide bonds. The number of nitrogen functional groups attached to an aromatic ring is 1. The highest BCUT2D eigenvalue weighted by molar-refractivity contribution is 6.08. The van der Waals surface area contributed by atoms with E-state index in [2.05, 4.69) is 4.98 Å². The highest BCUT2D eigenvalue weighted by atomic mass is 19.1. The van der Waals surface area contributed by atoms with Gasteiger partial charge in [-0.2, -0.15) is 4.90 Å². The number of pyridine rings is 1. The van der Waals surface area contributed by atoms with Crippen LogP contribution in [0.3, 0.4) is 0 Å². The molecule has 1 rings (SSSR count). The van der Waals surface area contributed by atoms with Crippen molar-refractivity contribution in [1.82, 2.24) is 4.98 Å². The fraction of sp³-hybridized carbons (Fsp3) is 0.533. The minimum Gasteiger partial charge on any atom is -0.443 e. The van der Waals surface area contributed by atoms with Crippen LogP contribution in [0.1, 0.15) is 41.5 Å². The third-order valence-corrected chi connectivity index (χ3v) is 2.21. The van der Waals surface area contributed by atoms with Gasteiger partial charge in [-0.1, -0.05) is 0 Å². The highest BCUT2D eigenvalue weighted by Gasteiger charge is 2.35. The molecule has 0 aliphatic carbocycles. The molecule has 0 unspecified atom stereocenters. The van der Waals surface area contributed by atoms with E-state index in [9.17, 15) is 14.0 Å². The van der Waals surface area contributed by atoms with Crippen molar-refractivity contribution >= 4 is 23.7 Å². The standard InChI is InChI=1S/C15H22FN3O4/c1-14(2,3)22-12(20)19(13(21)23-15(4,5)6)11-10(16)7-9(17)8-18-11/h7-8H,17H2,1-6H3. The fourth-order valence-corrected chi connectivity index (χ4v) is 1.47. The number of hydrogen-bond donors (Lipinski definition) is 1. The molecule has 0 radical (unpaired) electrons. The first-order chi connectivity index (χ1) is 10.3. The molecule has 23 heavy (non-hydrogen) atoms. The molecule has 0 aliphatic rings. The van der Waals surface area contributed by atoms with Gasteiger partial charge in [-0.05, 0) is 41.5 Å². The van der Waals surface area contributed by atoms with Crippen LogP contribution < -0.4 is 10.6 Å². The number of carbonyl (C=O) groups excluding carboxylic acids is 2. The number of nitrogens with two attached hydrogens (primary N) is 1. The summed E-state index contributed by atoms with van der Waals surface area (Å²) < 4.78 is 24.3. The van der Waals surface area contributed by atoms with E-state index in [-0.39, 0.29) is 5.69 Å². The third kappa shape index (κ3) is 5.72. The normalized spacial score (nSPS) is 11.8. The first kappa shape index (κ1) is 18.7. The maximum atomic E-state index is 14.1. The van der Waals surface area contributed by atoms with Gasteiger partial charge in [-0.25, -0.2) is 19.0 Å². The van der Waals surface area contributed by atoms with Crippen molar-refractivity contribution in [2.75, 3.05) is 10.6 Å². The predicted octanol–water partition coefficient (Wildman–Crippen LogP) is 3.48. The predicted molar refractivity (Wildman–Crippen MR) is 83.6 cm³/mol. The number of aromatic nitrogens is 1. The number of imide groups is 1. The molecule has 0 aromatic carbocycles. The van der Waals surface area contributed by atoms with Crippen molar-refractivity contribution in [3.05, 3.63) is 18.1 Å². The van der Waals surface area contributed by atoms with E-state index in [1.165, 1.54) is 0 Å². The molecule has 0 bridgehead atoms. The van der Waals surface area contributed by atoms with Crippen LogP contribution in [-0.4, -0.2) is 28.4 Å². The summed E-state index contributed by atoms with van der Waals surface area (Å²) in [5.74, 6) is -1.48. The Labute approximate surface area is 134 Å². The Morgan fingerprint density at radius 3 is 1.87 bits per heavy atom. The number of ether oxygens (including phenoxy) is 2. The zero-order chi connectivity index (χ0) is 18.0. The Hall–Kier alpha value is -2.38. The molecule has 8 heteroatoms. The lowest BCUT2D eigenvalue weighted by atomic mass is 10.2. The van der Waals surface area contributed by atoms with Crippen molar-refractivity contribution in [2.45, 2.75) is 52.7 Å². The Morgan fingerprint density at radius 2 is 1.52 bits per heavy atom. The van der Waals surface area contributed by atoms with Crippen LogP contribution in [0, 0.1) is 5.82 Å². The smallest absolute Gasteiger partial charge is 0.425 e. The summed E-state index contributed by atoms with van der Waals surface area (Å²) >= 11 is 0. The highest BCUT2D eigenvalue weighted by Crippen LogP contribution is 2.23. The largest absolute Gasteiger partial charge is 0.443 e. The van der Waals surface area contributed by atoms with Gasteiger partial charge in [0.15, 0.2) is 11.6 Å².